The van der Waals surface area contributed by atoms with Crippen molar-refractivity contribution in [3.63, 3.8) is 0 Å². The summed E-state index contributed by atoms with van der Waals surface area (Å²) in [6.45, 7) is 8.30. The lowest BCUT2D eigenvalue weighted by Crippen LogP contribution is -2.47. The van der Waals surface area contributed by atoms with E-state index in [-0.39, 0.29) is 0 Å². The lowest BCUT2D eigenvalue weighted by molar-refractivity contribution is 0.146. The summed E-state index contributed by atoms with van der Waals surface area (Å²) in [5.41, 5.74) is 5.13. The Kier molecular flexibility index (Phi) is 6.07. The first-order valence-electron chi connectivity index (χ1n) is 10.3. The number of methoxy groups -OCH3 is 1. The van der Waals surface area contributed by atoms with E-state index in [1.807, 2.05) is 0 Å². The molecule has 1 saturated heterocycles. The highest BCUT2D eigenvalue weighted by atomic mass is 16.5. The van der Waals surface area contributed by atoms with E-state index in [0.717, 1.165) is 76.0 Å². The van der Waals surface area contributed by atoms with Gasteiger partial charge in [-0.1, -0.05) is 18.2 Å². The number of para-hydroxylation sites is 1. The Labute approximate surface area is 167 Å². The van der Waals surface area contributed by atoms with Crippen LogP contribution in [0.3, 0.4) is 0 Å². The van der Waals surface area contributed by atoms with Crippen LogP contribution in [0.5, 0.6) is 0 Å². The number of ether oxygens (including phenoxy) is 2. The van der Waals surface area contributed by atoms with E-state index in [9.17, 15) is 0 Å². The van der Waals surface area contributed by atoms with Gasteiger partial charge in [0.15, 0.2) is 0 Å². The second-order valence-electron chi connectivity index (χ2n) is 7.50. The van der Waals surface area contributed by atoms with Gasteiger partial charge in [-0.25, -0.2) is 9.97 Å². The third-order valence-electron chi connectivity index (χ3n) is 5.66. The van der Waals surface area contributed by atoms with Crippen molar-refractivity contribution in [2.24, 2.45) is 0 Å². The van der Waals surface area contributed by atoms with Gasteiger partial charge in [-0.2, -0.15) is 0 Å². The molecule has 2 aliphatic heterocycles. The van der Waals surface area contributed by atoms with Crippen LogP contribution in [0, 0.1) is 6.92 Å². The van der Waals surface area contributed by atoms with Crippen molar-refractivity contribution in [2.45, 2.75) is 26.2 Å². The van der Waals surface area contributed by atoms with Crippen LogP contribution in [0.1, 0.15) is 22.6 Å². The molecule has 0 radical (unpaired) electrons. The maximum Gasteiger partial charge on any atom is 0.135 e. The fourth-order valence-electron chi connectivity index (χ4n) is 4.12. The minimum Gasteiger partial charge on any atom is -0.384 e. The van der Waals surface area contributed by atoms with Crippen molar-refractivity contribution in [1.29, 1.82) is 0 Å². The molecule has 1 aromatic carbocycles. The van der Waals surface area contributed by atoms with E-state index in [0.29, 0.717) is 6.61 Å². The molecule has 0 amide bonds. The van der Waals surface area contributed by atoms with Crippen LogP contribution >= 0.6 is 0 Å². The van der Waals surface area contributed by atoms with Gasteiger partial charge in [0.05, 0.1) is 25.5 Å². The van der Waals surface area contributed by atoms with Gasteiger partial charge in [-0.15, -0.1) is 0 Å². The van der Waals surface area contributed by atoms with Crippen LogP contribution in [-0.2, 0) is 28.7 Å². The number of benzene rings is 1. The molecule has 0 aliphatic carbocycles. The molecule has 1 fully saturated rings. The van der Waals surface area contributed by atoms with Crippen molar-refractivity contribution < 1.29 is 9.47 Å². The molecule has 28 heavy (non-hydrogen) atoms. The molecule has 0 atom stereocenters. The number of rotatable bonds is 5. The summed E-state index contributed by atoms with van der Waals surface area (Å²) >= 11 is 0. The molecule has 1 aromatic heterocycles. The number of nitrogens with zero attached hydrogens (tertiary/aromatic N) is 4. The predicted molar refractivity (Wildman–Crippen MR) is 111 cm³/mol. The molecule has 0 spiro atoms. The Bertz CT molecular complexity index is 803. The zero-order valence-electron chi connectivity index (χ0n) is 17.0. The van der Waals surface area contributed by atoms with E-state index in [2.05, 4.69) is 41.0 Å². The van der Waals surface area contributed by atoms with Gasteiger partial charge in [0.25, 0.3) is 0 Å². The molecule has 2 aromatic rings. The average molecular weight is 383 g/mol. The summed E-state index contributed by atoms with van der Waals surface area (Å²) in [6.07, 6.45) is 2.52. The summed E-state index contributed by atoms with van der Waals surface area (Å²) in [4.78, 5) is 14.7. The molecule has 0 unspecified atom stereocenters. The van der Waals surface area contributed by atoms with Gasteiger partial charge in [-0.3, -0.25) is 0 Å². The fourth-order valence-corrected chi connectivity index (χ4v) is 4.12. The Hall–Kier alpha value is -2.18. The number of hydrogen-bond donors (Lipinski definition) is 0. The highest BCUT2D eigenvalue weighted by molar-refractivity contribution is 5.56. The number of piperazine rings is 1. The fraction of sp³-hybridized carbons (Fsp3) is 0.545. The zero-order chi connectivity index (χ0) is 19.3. The van der Waals surface area contributed by atoms with E-state index in [4.69, 9.17) is 19.4 Å². The Morgan fingerprint density at radius 3 is 2.54 bits per heavy atom. The number of hydrogen-bond acceptors (Lipinski definition) is 6. The van der Waals surface area contributed by atoms with E-state index in [1.54, 1.807) is 7.11 Å². The molecule has 150 valence electrons. The van der Waals surface area contributed by atoms with Crippen LogP contribution in [0.15, 0.2) is 24.3 Å². The standard InChI is InChI=1S/C22H30N4O2/c1-17-5-3-4-6-20(17)25-10-12-26(13-11-25)22-18-7-15-28-16-8-19(18)23-21(24-22)9-14-27-2/h3-6H,7-16H2,1-2H3. The molecule has 4 rings (SSSR count). The van der Waals surface area contributed by atoms with Gasteiger partial charge >= 0.3 is 0 Å². The van der Waals surface area contributed by atoms with Gasteiger partial charge in [0.1, 0.15) is 11.6 Å². The summed E-state index contributed by atoms with van der Waals surface area (Å²) in [7, 11) is 1.73. The minimum atomic E-state index is 0.649. The largest absolute Gasteiger partial charge is 0.384 e. The highest BCUT2D eigenvalue weighted by Crippen LogP contribution is 2.27. The van der Waals surface area contributed by atoms with Gasteiger partial charge < -0.3 is 19.3 Å². The predicted octanol–water partition coefficient (Wildman–Crippen LogP) is 2.42. The lowest BCUT2D eigenvalue weighted by atomic mass is 10.1. The maximum atomic E-state index is 5.71. The van der Waals surface area contributed by atoms with Crippen molar-refractivity contribution in [2.75, 3.05) is 62.9 Å². The molecule has 0 bridgehead atoms. The molecule has 0 saturated carbocycles. The molecule has 3 heterocycles. The number of aryl methyl sites for hydroxylation is 1. The SMILES string of the molecule is COCCc1nc2c(c(N3CCN(c4ccccc4C)CC3)n1)CCOCC2. The topological polar surface area (TPSA) is 50.7 Å². The van der Waals surface area contributed by atoms with Crippen molar-refractivity contribution in [3.8, 4) is 0 Å². The highest BCUT2D eigenvalue weighted by Gasteiger charge is 2.25. The average Bonchev–Trinajstić information content (AvgIpc) is 2.98. The molecule has 2 aliphatic rings. The molecular formula is C22H30N4O2. The lowest BCUT2D eigenvalue weighted by Gasteiger charge is -2.38. The van der Waals surface area contributed by atoms with Crippen molar-refractivity contribution in [3.05, 3.63) is 46.9 Å². The summed E-state index contributed by atoms with van der Waals surface area (Å²) in [6, 6.07) is 8.64. The third-order valence-corrected chi connectivity index (χ3v) is 5.66. The Balaban J connectivity index is 1.56. The molecule has 6 nitrogen and oxygen atoms in total. The number of aromatic nitrogens is 2. The number of fused-ring (bicyclic) bond motifs is 1. The quantitative estimate of drug-likeness (QED) is 0.792. The van der Waals surface area contributed by atoms with Crippen LogP contribution < -0.4 is 9.80 Å². The minimum absolute atomic E-state index is 0.649. The van der Waals surface area contributed by atoms with Crippen LogP contribution in [-0.4, -0.2) is 63.1 Å². The molecule has 0 N–H and O–H groups in total. The first-order valence-corrected chi connectivity index (χ1v) is 10.3. The Morgan fingerprint density at radius 2 is 1.75 bits per heavy atom. The van der Waals surface area contributed by atoms with Crippen molar-refractivity contribution >= 4 is 11.5 Å². The van der Waals surface area contributed by atoms with E-state index in [1.165, 1.54) is 16.8 Å². The summed E-state index contributed by atoms with van der Waals surface area (Å²) < 4.78 is 11.0. The zero-order valence-corrected chi connectivity index (χ0v) is 17.0. The van der Waals surface area contributed by atoms with Crippen LogP contribution in [0.25, 0.3) is 0 Å². The smallest absolute Gasteiger partial charge is 0.135 e. The maximum absolute atomic E-state index is 5.71. The third kappa shape index (κ3) is 4.13. The van der Waals surface area contributed by atoms with E-state index < -0.39 is 0 Å². The van der Waals surface area contributed by atoms with Crippen molar-refractivity contribution in [1.82, 2.24) is 9.97 Å². The summed E-state index contributed by atoms with van der Waals surface area (Å²) in [5.74, 6) is 2.00. The second-order valence-corrected chi connectivity index (χ2v) is 7.50. The Morgan fingerprint density at radius 1 is 1.00 bits per heavy atom. The number of anilines is 2. The second kappa shape index (κ2) is 8.88. The molecular weight excluding hydrogens is 352 g/mol. The van der Waals surface area contributed by atoms with Gasteiger partial charge in [0, 0.05) is 63.8 Å². The van der Waals surface area contributed by atoms with E-state index >= 15 is 0 Å². The molecule has 6 heteroatoms. The summed E-state index contributed by atoms with van der Waals surface area (Å²) in [5, 5.41) is 0. The van der Waals surface area contributed by atoms with Crippen LogP contribution in [0.4, 0.5) is 11.5 Å². The van der Waals surface area contributed by atoms with Gasteiger partial charge in [0.2, 0.25) is 0 Å². The van der Waals surface area contributed by atoms with Gasteiger partial charge in [-0.05, 0) is 18.6 Å². The normalized spacial score (nSPS) is 17.4. The first-order chi connectivity index (χ1) is 13.8. The monoisotopic (exact) mass is 382 g/mol. The first kappa shape index (κ1) is 19.2. The van der Waals surface area contributed by atoms with Crippen LogP contribution in [0.2, 0.25) is 0 Å².